The number of nitrogens with zero attached hydrogens (tertiary/aromatic N) is 1. The fourth-order valence-electron chi connectivity index (χ4n) is 1.65. The molecule has 0 bridgehead atoms. The minimum atomic E-state index is -4.64. The van der Waals surface area contributed by atoms with Crippen molar-refractivity contribution in [2.24, 2.45) is 5.10 Å². The molecule has 22 heavy (non-hydrogen) atoms. The molecule has 8 heteroatoms. The molecule has 2 nitrogen and oxygen atoms in total. The number of alkyl halides is 3. The zero-order valence-corrected chi connectivity index (χ0v) is 13.0. The van der Waals surface area contributed by atoms with Crippen molar-refractivity contribution in [1.82, 2.24) is 0 Å². The fraction of sp³-hybridized carbons (Fsp3) is 0.0714. The summed E-state index contributed by atoms with van der Waals surface area (Å²) in [5, 5.41) is 3.81. The number of hydrogen-bond acceptors (Lipinski definition) is 2. The molecule has 2 rings (SSSR count). The minimum absolute atomic E-state index is 0.0467. The maximum atomic E-state index is 13.1. The molecule has 0 saturated heterocycles. The lowest BCUT2D eigenvalue weighted by molar-refractivity contribution is -0.0581. The highest BCUT2D eigenvalue weighted by Crippen LogP contribution is 2.34. The number of anilines is 1. The Morgan fingerprint density at radius 3 is 2.00 bits per heavy atom. The first-order valence-corrected chi connectivity index (χ1v) is 7.03. The Bertz CT molecular complexity index is 677. The zero-order chi connectivity index (χ0) is 16.3. The van der Waals surface area contributed by atoms with Crippen LogP contribution in [0.1, 0.15) is 5.56 Å². The van der Waals surface area contributed by atoms with Crippen molar-refractivity contribution in [3.63, 3.8) is 0 Å². The Hall–Kier alpha value is -1.43. The van der Waals surface area contributed by atoms with Gasteiger partial charge < -0.3 is 0 Å². The van der Waals surface area contributed by atoms with E-state index in [0.29, 0.717) is 0 Å². The van der Waals surface area contributed by atoms with Gasteiger partial charge in [0.1, 0.15) is 0 Å². The van der Waals surface area contributed by atoms with Crippen LogP contribution in [0.15, 0.2) is 47.6 Å². The molecule has 0 aliphatic carbocycles. The molecule has 1 N–H and O–H groups in total. The molecule has 0 saturated carbocycles. The van der Waals surface area contributed by atoms with E-state index in [1.807, 2.05) is 0 Å². The summed E-state index contributed by atoms with van der Waals surface area (Å²) in [6.07, 6.45) is -4.64. The minimum Gasteiger partial charge on any atom is -0.275 e. The van der Waals surface area contributed by atoms with E-state index in [2.05, 4.69) is 10.5 Å². The molecule has 116 valence electrons. The Balaban J connectivity index is 2.41. The van der Waals surface area contributed by atoms with Crippen molar-refractivity contribution in [3.05, 3.63) is 63.1 Å². The molecule has 0 unspecified atom stereocenters. The van der Waals surface area contributed by atoms with E-state index in [9.17, 15) is 13.2 Å². The van der Waals surface area contributed by atoms with Gasteiger partial charge >= 0.3 is 6.18 Å². The Morgan fingerprint density at radius 2 is 1.50 bits per heavy atom. The van der Waals surface area contributed by atoms with Crippen molar-refractivity contribution in [1.29, 1.82) is 0 Å². The SMILES string of the molecule is FC(F)(F)/C(=N\Nc1c(Cl)cc(Cl)cc1Cl)c1ccccc1. The van der Waals surface area contributed by atoms with Crippen molar-refractivity contribution >= 4 is 46.2 Å². The van der Waals surface area contributed by atoms with Gasteiger partial charge in [-0.3, -0.25) is 5.43 Å². The van der Waals surface area contributed by atoms with E-state index in [1.54, 1.807) is 6.07 Å². The van der Waals surface area contributed by atoms with Gasteiger partial charge in [0, 0.05) is 10.6 Å². The number of nitrogens with one attached hydrogen (secondary N) is 1. The second kappa shape index (κ2) is 6.77. The van der Waals surface area contributed by atoms with Crippen molar-refractivity contribution in [2.45, 2.75) is 6.18 Å². The summed E-state index contributed by atoms with van der Waals surface area (Å²) in [7, 11) is 0. The lowest BCUT2D eigenvalue weighted by Gasteiger charge is -2.12. The average Bonchev–Trinajstić information content (AvgIpc) is 2.41. The van der Waals surface area contributed by atoms with Crippen LogP contribution in [0.25, 0.3) is 0 Å². The highest BCUT2D eigenvalue weighted by molar-refractivity contribution is 6.41. The molecule has 0 aliphatic rings. The number of hydrogen-bond donors (Lipinski definition) is 1. The van der Waals surface area contributed by atoms with Crippen molar-refractivity contribution in [3.8, 4) is 0 Å². The number of rotatable bonds is 3. The van der Waals surface area contributed by atoms with Crippen LogP contribution in [0.4, 0.5) is 18.9 Å². The van der Waals surface area contributed by atoms with Crippen LogP contribution in [0.2, 0.25) is 15.1 Å². The van der Waals surface area contributed by atoms with E-state index in [4.69, 9.17) is 34.8 Å². The topological polar surface area (TPSA) is 24.4 Å². The van der Waals surface area contributed by atoms with E-state index in [-0.39, 0.29) is 26.3 Å². The quantitative estimate of drug-likeness (QED) is 0.520. The third-order valence-electron chi connectivity index (χ3n) is 2.60. The molecule has 0 fully saturated rings. The van der Waals surface area contributed by atoms with Crippen LogP contribution in [-0.2, 0) is 0 Å². The first-order valence-electron chi connectivity index (χ1n) is 5.90. The maximum absolute atomic E-state index is 13.1. The zero-order valence-electron chi connectivity index (χ0n) is 10.8. The van der Waals surface area contributed by atoms with E-state index in [1.165, 1.54) is 36.4 Å². The fourth-order valence-corrected chi connectivity index (χ4v) is 2.55. The molecule has 0 atom stereocenters. The predicted molar refractivity (Wildman–Crippen MR) is 84.1 cm³/mol. The lowest BCUT2D eigenvalue weighted by atomic mass is 10.1. The highest BCUT2D eigenvalue weighted by atomic mass is 35.5. The molecule has 0 heterocycles. The predicted octanol–water partition coefficient (Wildman–Crippen LogP) is 6.03. The third kappa shape index (κ3) is 4.06. The van der Waals surface area contributed by atoms with E-state index >= 15 is 0 Å². The van der Waals surface area contributed by atoms with Crippen LogP contribution in [-0.4, -0.2) is 11.9 Å². The van der Waals surface area contributed by atoms with Crippen LogP contribution < -0.4 is 5.43 Å². The number of halogens is 6. The van der Waals surface area contributed by atoms with Crippen LogP contribution >= 0.6 is 34.8 Å². The van der Waals surface area contributed by atoms with Gasteiger partial charge in [-0.15, -0.1) is 0 Å². The second-order valence-electron chi connectivity index (χ2n) is 4.18. The summed E-state index contributed by atoms with van der Waals surface area (Å²) in [4.78, 5) is 0. The molecule has 0 aromatic heterocycles. The Labute approximate surface area is 139 Å². The molecular formula is C14H8Cl3F3N2. The van der Waals surface area contributed by atoms with Gasteiger partial charge in [-0.25, -0.2) is 0 Å². The highest BCUT2D eigenvalue weighted by Gasteiger charge is 2.37. The molecule has 0 radical (unpaired) electrons. The van der Waals surface area contributed by atoms with Crippen LogP contribution in [0.5, 0.6) is 0 Å². The van der Waals surface area contributed by atoms with Gasteiger partial charge in [-0.2, -0.15) is 18.3 Å². The van der Waals surface area contributed by atoms with Gasteiger partial charge in [0.2, 0.25) is 0 Å². The first kappa shape index (κ1) is 16.9. The monoisotopic (exact) mass is 366 g/mol. The molecule has 2 aromatic carbocycles. The van der Waals surface area contributed by atoms with Crippen molar-refractivity contribution < 1.29 is 13.2 Å². The van der Waals surface area contributed by atoms with Gasteiger partial charge in [0.25, 0.3) is 0 Å². The average molecular weight is 368 g/mol. The van der Waals surface area contributed by atoms with Crippen molar-refractivity contribution in [2.75, 3.05) is 5.43 Å². The summed E-state index contributed by atoms with van der Waals surface area (Å²) in [6, 6.07) is 9.89. The first-order chi connectivity index (χ1) is 10.3. The third-order valence-corrected chi connectivity index (χ3v) is 3.42. The van der Waals surface area contributed by atoms with E-state index < -0.39 is 11.9 Å². The normalized spacial score (nSPS) is 12.4. The largest absolute Gasteiger partial charge is 0.435 e. The number of hydrazone groups is 1. The van der Waals surface area contributed by atoms with Gasteiger partial charge in [-0.1, -0.05) is 65.1 Å². The molecule has 0 spiro atoms. The molecular weight excluding hydrogens is 360 g/mol. The van der Waals surface area contributed by atoms with E-state index in [0.717, 1.165) is 0 Å². The summed E-state index contributed by atoms with van der Waals surface area (Å²) < 4.78 is 39.3. The number of benzene rings is 2. The van der Waals surface area contributed by atoms with Crippen LogP contribution in [0.3, 0.4) is 0 Å². The molecule has 0 amide bonds. The van der Waals surface area contributed by atoms with Gasteiger partial charge in [0.15, 0.2) is 5.71 Å². The standard InChI is InChI=1S/C14H8Cl3F3N2/c15-9-6-10(16)12(11(17)7-9)21-22-13(14(18,19)20)8-4-2-1-3-5-8/h1-7,21H/b22-13-. The molecule has 0 aliphatic heterocycles. The summed E-state index contributed by atoms with van der Waals surface area (Å²) in [5.41, 5.74) is 1.14. The lowest BCUT2D eigenvalue weighted by Crippen LogP contribution is -2.25. The Kier molecular flexibility index (Phi) is 5.21. The summed E-state index contributed by atoms with van der Waals surface area (Å²) >= 11 is 17.5. The maximum Gasteiger partial charge on any atom is 0.435 e. The van der Waals surface area contributed by atoms with Crippen LogP contribution in [0, 0.1) is 0 Å². The van der Waals surface area contributed by atoms with Gasteiger partial charge in [0.05, 0.1) is 15.7 Å². The Morgan fingerprint density at radius 1 is 0.955 bits per heavy atom. The smallest absolute Gasteiger partial charge is 0.275 e. The summed E-state index contributed by atoms with van der Waals surface area (Å²) in [5.74, 6) is 0. The summed E-state index contributed by atoms with van der Waals surface area (Å²) in [6.45, 7) is 0. The van der Waals surface area contributed by atoms with Gasteiger partial charge in [-0.05, 0) is 12.1 Å². The molecule has 2 aromatic rings. The second-order valence-corrected chi connectivity index (χ2v) is 5.43.